The number of aliphatic imine (C=N–C) groups is 1. The van der Waals surface area contributed by atoms with Gasteiger partial charge in [-0.05, 0) is 52.7 Å². The van der Waals surface area contributed by atoms with Crippen LogP contribution in [0.3, 0.4) is 0 Å². The third kappa shape index (κ3) is 5.01. The maximum Gasteiger partial charge on any atom is 0.191 e. The highest BCUT2D eigenvalue weighted by Crippen LogP contribution is 2.15. The molecule has 0 aliphatic carbocycles. The molecule has 1 fully saturated rings. The van der Waals surface area contributed by atoms with Gasteiger partial charge >= 0.3 is 0 Å². The molecule has 1 saturated heterocycles. The molecular weight excluding hydrogens is 336 g/mol. The maximum absolute atomic E-state index is 4.82. The molecule has 2 heterocycles. The first kappa shape index (κ1) is 19.7. The van der Waals surface area contributed by atoms with E-state index in [0.29, 0.717) is 12.1 Å². The van der Waals surface area contributed by atoms with Crippen molar-refractivity contribution >= 4 is 17.0 Å². The maximum atomic E-state index is 4.82. The highest BCUT2D eigenvalue weighted by atomic mass is 15.2. The largest absolute Gasteiger partial charge is 0.357 e. The van der Waals surface area contributed by atoms with Gasteiger partial charge in [-0.2, -0.15) is 0 Å². The lowest BCUT2D eigenvalue weighted by molar-refractivity contribution is 0.167. The molecule has 6 nitrogen and oxygen atoms in total. The molecule has 0 unspecified atom stereocenters. The fourth-order valence-electron chi connectivity index (χ4n) is 3.81. The van der Waals surface area contributed by atoms with Gasteiger partial charge in [-0.3, -0.25) is 4.99 Å². The first-order valence-electron chi connectivity index (χ1n) is 10.3. The number of fused-ring (bicyclic) bond motifs is 1. The number of nitrogens with one attached hydrogen (secondary N) is 2. The molecule has 1 aliphatic heterocycles. The lowest BCUT2D eigenvalue weighted by Crippen LogP contribution is -2.49. The second-order valence-electron chi connectivity index (χ2n) is 7.61. The second kappa shape index (κ2) is 9.22. The fourth-order valence-corrected chi connectivity index (χ4v) is 3.81. The van der Waals surface area contributed by atoms with Crippen molar-refractivity contribution in [1.29, 1.82) is 0 Å². The van der Waals surface area contributed by atoms with E-state index in [4.69, 9.17) is 4.99 Å². The third-order valence-electron chi connectivity index (χ3n) is 5.38. The predicted octanol–water partition coefficient (Wildman–Crippen LogP) is 2.77. The number of rotatable bonds is 6. The monoisotopic (exact) mass is 370 g/mol. The first-order valence-corrected chi connectivity index (χ1v) is 10.3. The summed E-state index contributed by atoms with van der Waals surface area (Å²) in [5, 5.41) is 7.03. The number of hydrogen-bond acceptors (Lipinski definition) is 3. The van der Waals surface area contributed by atoms with Gasteiger partial charge in [0.1, 0.15) is 5.82 Å². The number of piperidine rings is 1. The van der Waals surface area contributed by atoms with Crippen LogP contribution in [0.4, 0.5) is 0 Å². The van der Waals surface area contributed by atoms with E-state index in [1.54, 1.807) is 0 Å². The van der Waals surface area contributed by atoms with Crippen molar-refractivity contribution in [1.82, 2.24) is 25.1 Å². The van der Waals surface area contributed by atoms with Crippen molar-refractivity contribution in [3.05, 3.63) is 30.1 Å². The lowest BCUT2D eigenvalue weighted by atomic mass is 10.0. The standard InChI is InChI=1S/C21H34N6/c1-5-22-21(25-18-10-13-26(14-11-18)16(2)3)23-12-15-27-17(4)24-19-8-6-7-9-20(19)27/h6-9,16,18H,5,10-15H2,1-4H3,(H2,22,23,25). The minimum atomic E-state index is 0.508. The van der Waals surface area contributed by atoms with Crippen molar-refractivity contribution in [3.63, 3.8) is 0 Å². The van der Waals surface area contributed by atoms with Crippen molar-refractivity contribution in [3.8, 4) is 0 Å². The van der Waals surface area contributed by atoms with E-state index in [1.807, 2.05) is 6.07 Å². The van der Waals surface area contributed by atoms with E-state index in [9.17, 15) is 0 Å². The Bertz CT molecular complexity index is 755. The van der Waals surface area contributed by atoms with Gasteiger partial charge in [0, 0.05) is 38.3 Å². The normalized spacial score (nSPS) is 17.0. The molecule has 27 heavy (non-hydrogen) atoms. The van der Waals surface area contributed by atoms with E-state index in [-0.39, 0.29) is 0 Å². The van der Waals surface area contributed by atoms with Crippen LogP contribution in [0.25, 0.3) is 11.0 Å². The van der Waals surface area contributed by atoms with Gasteiger partial charge < -0.3 is 20.1 Å². The van der Waals surface area contributed by atoms with Gasteiger partial charge in [-0.25, -0.2) is 4.98 Å². The lowest BCUT2D eigenvalue weighted by Gasteiger charge is -2.35. The van der Waals surface area contributed by atoms with Crippen LogP contribution in [0.5, 0.6) is 0 Å². The number of nitrogens with zero attached hydrogens (tertiary/aromatic N) is 4. The Balaban J connectivity index is 1.58. The summed E-state index contributed by atoms with van der Waals surface area (Å²) < 4.78 is 2.25. The molecule has 0 radical (unpaired) electrons. The van der Waals surface area contributed by atoms with Crippen molar-refractivity contribution in [2.75, 3.05) is 26.2 Å². The summed E-state index contributed by atoms with van der Waals surface area (Å²) in [5.41, 5.74) is 2.24. The number of imidazole rings is 1. The number of benzene rings is 1. The van der Waals surface area contributed by atoms with Crippen LogP contribution in [0.2, 0.25) is 0 Å². The van der Waals surface area contributed by atoms with E-state index in [0.717, 1.165) is 50.0 Å². The van der Waals surface area contributed by atoms with Crippen LogP contribution in [0.1, 0.15) is 39.4 Å². The smallest absolute Gasteiger partial charge is 0.191 e. The fraction of sp³-hybridized carbons (Fsp3) is 0.619. The van der Waals surface area contributed by atoms with Gasteiger partial charge in [-0.15, -0.1) is 0 Å². The zero-order valence-corrected chi connectivity index (χ0v) is 17.2. The minimum Gasteiger partial charge on any atom is -0.357 e. The van der Waals surface area contributed by atoms with Crippen molar-refractivity contribution in [2.24, 2.45) is 4.99 Å². The third-order valence-corrected chi connectivity index (χ3v) is 5.38. The number of aromatic nitrogens is 2. The van der Waals surface area contributed by atoms with Crippen molar-refractivity contribution in [2.45, 2.75) is 59.2 Å². The van der Waals surface area contributed by atoms with Gasteiger partial charge in [0.2, 0.25) is 0 Å². The summed E-state index contributed by atoms with van der Waals surface area (Å²) in [4.78, 5) is 12.0. The van der Waals surface area contributed by atoms with Crippen LogP contribution < -0.4 is 10.6 Å². The van der Waals surface area contributed by atoms with E-state index in [1.165, 1.54) is 18.4 Å². The quantitative estimate of drug-likeness (QED) is 0.606. The Labute approximate surface area is 163 Å². The molecule has 148 valence electrons. The molecule has 0 atom stereocenters. The molecule has 0 bridgehead atoms. The molecule has 0 spiro atoms. The highest BCUT2D eigenvalue weighted by Gasteiger charge is 2.21. The summed E-state index contributed by atoms with van der Waals surface area (Å²) >= 11 is 0. The molecule has 1 aromatic heterocycles. The summed E-state index contributed by atoms with van der Waals surface area (Å²) in [7, 11) is 0. The van der Waals surface area contributed by atoms with Gasteiger partial charge in [0.15, 0.2) is 5.96 Å². The molecule has 2 N–H and O–H groups in total. The second-order valence-corrected chi connectivity index (χ2v) is 7.61. The molecule has 0 saturated carbocycles. The number of likely N-dealkylation sites (tertiary alicyclic amines) is 1. The van der Waals surface area contributed by atoms with E-state index in [2.05, 4.69) is 71.0 Å². The van der Waals surface area contributed by atoms with Crippen LogP contribution in [-0.2, 0) is 6.54 Å². The SMILES string of the molecule is CCNC(=NCCn1c(C)nc2ccccc21)NC1CCN(C(C)C)CC1. The summed E-state index contributed by atoms with van der Waals surface area (Å²) in [6.07, 6.45) is 2.35. The molecule has 0 amide bonds. The molecule has 1 aliphatic rings. The van der Waals surface area contributed by atoms with Crippen LogP contribution >= 0.6 is 0 Å². The Morgan fingerprint density at radius 3 is 2.70 bits per heavy atom. The van der Waals surface area contributed by atoms with Gasteiger partial charge in [-0.1, -0.05) is 12.1 Å². The first-order chi connectivity index (χ1) is 13.1. The molecule has 3 rings (SSSR count). The topological polar surface area (TPSA) is 57.5 Å². The Hall–Kier alpha value is -2.08. The van der Waals surface area contributed by atoms with Crippen LogP contribution in [0.15, 0.2) is 29.3 Å². The molecule has 6 heteroatoms. The predicted molar refractivity (Wildman–Crippen MR) is 113 cm³/mol. The zero-order chi connectivity index (χ0) is 19.2. The van der Waals surface area contributed by atoms with E-state index >= 15 is 0 Å². The average molecular weight is 371 g/mol. The summed E-state index contributed by atoms with van der Waals surface area (Å²) in [6, 6.07) is 9.45. The highest BCUT2D eigenvalue weighted by molar-refractivity contribution is 5.80. The number of para-hydroxylation sites is 2. The van der Waals surface area contributed by atoms with Crippen LogP contribution in [0, 0.1) is 6.92 Å². The Kier molecular flexibility index (Phi) is 6.72. The number of guanidine groups is 1. The number of hydrogen-bond donors (Lipinski definition) is 2. The van der Waals surface area contributed by atoms with Gasteiger partial charge in [0.25, 0.3) is 0 Å². The zero-order valence-electron chi connectivity index (χ0n) is 17.2. The summed E-state index contributed by atoms with van der Waals surface area (Å²) in [6.45, 7) is 13.5. The Morgan fingerprint density at radius 1 is 1.26 bits per heavy atom. The minimum absolute atomic E-state index is 0.508. The summed E-state index contributed by atoms with van der Waals surface area (Å²) in [5.74, 6) is 1.98. The molecular formula is C21H34N6. The number of aryl methyl sites for hydroxylation is 1. The van der Waals surface area contributed by atoms with Gasteiger partial charge in [0.05, 0.1) is 17.6 Å². The van der Waals surface area contributed by atoms with Crippen LogP contribution in [-0.4, -0.2) is 58.7 Å². The van der Waals surface area contributed by atoms with Crippen molar-refractivity contribution < 1.29 is 0 Å². The molecule has 2 aromatic rings. The molecule has 1 aromatic carbocycles. The Morgan fingerprint density at radius 2 is 2.00 bits per heavy atom. The van der Waals surface area contributed by atoms with E-state index < -0.39 is 0 Å². The average Bonchev–Trinajstić information content (AvgIpc) is 2.98.